The van der Waals surface area contributed by atoms with Gasteiger partial charge in [0.2, 0.25) is 0 Å². The van der Waals surface area contributed by atoms with E-state index in [1.165, 1.54) is 7.11 Å². The Kier molecular flexibility index (Phi) is 3.94. The van der Waals surface area contributed by atoms with E-state index in [1.54, 1.807) is 25.3 Å². The molecule has 0 saturated heterocycles. The number of benzene rings is 1. The van der Waals surface area contributed by atoms with E-state index in [4.69, 9.17) is 19.5 Å². The van der Waals surface area contributed by atoms with Crippen molar-refractivity contribution in [3.8, 4) is 5.75 Å². The lowest BCUT2D eigenvalue weighted by molar-refractivity contribution is 0.184. The van der Waals surface area contributed by atoms with Crippen LogP contribution in [0.4, 0.5) is 0 Å². The standard InChI is InChI=1S/C9H13BO4/c1-13-6-7-3-4-8(10(11)12)9(5-7)14-2/h3-5,11-12H,6H2,1-2H3. The van der Waals surface area contributed by atoms with Crippen molar-refractivity contribution in [2.45, 2.75) is 6.61 Å². The van der Waals surface area contributed by atoms with Gasteiger partial charge in [-0.15, -0.1) is 0 Å². The average Bonchev–Trinajstić information content (AvgIpc) is 2.17. The Bertz CT molecular complexity index is 301. The van der Waals surface area contributed by atoms with Crippen molar-refractivity contribution in [2.75, 3.05) is 14.2 Å². The van der Waals surface area contributed by atoms with Gasteiger partial charge in [-0.2, -0.15) is 0 Å². The van der Waals surface area contributed by atoms with Gasteiger partial charge < -0.3 is 19.5 Å². The highest BCUT2D eigenvalue weighted by Crippen LogP contribution is 2.11. The molecule has 0 radical (unpaired) electrons. The summed E-state index contributed by atoms with van der Waals surface area (Å²) in [6.07, 6.45) is 0. The Labute approximate surface area is 83.2 Å². The fourth-order valence-corrected chi connectivity index (χ4v) is 1.23. The molecule has 14 heavy (non-hydrogen) atoms. The number of hydrogen-bond acceptors (Lipinski definition) is 4. The van der Waals surface area contributed by atoms with Crippen molar-refractivity contribution < 1.29 is 19.5 Å². The van der Waals surface area contributed by atoms with Crippen LogP contribution < -0.4 is 10.2 Å². The van der Waals surface area contributed by atoms with Crippen LogP contribution in [0.15, 0.2) is 18.2 Å². The van der Waals surface area contributed by atoms with Gasteiger partial charge in [0.1, 0.15) is 5.75 Å². The van der Waals surface area contributed by atoms with E-state index in [9.17, 15) is 0 Å². The van der Waals surface area contributed by atoms with Gasteiger partial charge in [-0.1, -0.05) is 12.1 Å². The van der Waals surface area contributed by atoms with Crippen LogP contribution in [0, 0.1) is 0 Å². The minimum atomic E-state index is -1.51. The quantitative estimate of drug-likeness (QED) is 0.638. The molecule has 0 heterocycles. The third kappa shape index (κ3) is 2.48. The van der Waals surface area contributed by atoms with E-state index in [1.807, 2.05) is 0 Å². The molecule has 0 bridgehead atoms. The van der Waals surface area contributed by atoms with Crippen molar-refractivity contribution in [3.05, 3.63) is 23.8 Å². The monoisotopic (exact) mass is 196 g/mol. The SMILES string of the molecule is COCc1ccc(B(O)O)c(OC)c1. The van der Waals surface area contributed by atoms with Crippen molar-refractivity contribution in [1.29, 1.82) is 0 Å². The van der Waals surface area contributed by atoms with Crippen LogP contribution in [0.1, 0.15) is 5.56 Å². The summed E-state index contributed by atoms with van der Waals surface area (Å²) < 4.78 is 9.97. The Hall–Kier alpha value is -1.04. The van der Waals surface area contributed by atoms with Crippen molar-refractivity contribution in [3.63, 3.8) is 0 Å². The highest BCUT2D eigenvalue weighted by molar-refractivity contribution is 6.59. The van der Waals surface area contributed by atoms with Crippen LogP contribution in [-0.2, 0) is 11.3 Å². The number of rotatable bonds is 4. The van der Waals surface area contributed by atoms with Crippen LogP contribution in [0.5, 0.6) is 5.75 Å². The van der Waals surface area contributed by atoms with Crippen molar-refractivity contribution in [1.82, 2.24) is 0 Å². The zero-order chi connectivity index (χ0) is 10.6. The molecule has 1 aromatic rings. The molecule has 76 valence electrons. The van der Waals surface area contributed by atoms with Crippen molar-refractivity contribution in [2.24, 2.45) is 0 Å². The zero-order valence-electron chi connectivity index (χ0n) is 8.23. The summed E-state index contributed by atoms with van der Waals surface area (Å²) >= 11 is 0. The van der Waals surface area contributed by atoms with E-state index < -0.39 is 7.12 Å². The van der Waals surface area contributed by atoms with Gasteiger partial charge in [0.05, 0.1) is 13.7 Å². The maximum absolute atomic E-state index is 9.00. The predicted octanol–water partition coefficient (Wildman–Crippen LogP) is -0.479. The van der Waals surface area contributed by atoms with Crippen LogP contribution >= 0.6 is 0 Å². The first kappa shape index (κ1) is 11.0. The summed E-state index contributed by atoms with van der Waals surface area (Å²) in [5.74, 6) is 0.453. The Morgan fingerprint density at radius 2 is 2.00 bits per heavy atom. The maximum atomic E-state index is 9.00. The molecule has 0 aliphatic rings. The summed E-state index contributed by atoms with van der Waals surface area (Å²) in [5.41, 5.74) is 1.28. The first-order valence-electron chi connectivity index (χ1n) is 4.21. The minimum absolute atomic E-state index is 0.354. The topological polar surface area (TPSA) is 58.9 Å². The summed E-state index contributed by atoms with van der Waals surface area (Å²) in [6.45, 7) is 0.470. The van der Waals surface area contributed by atoms with E-state index in [0.717, 1.165) is 5.56 Å². The van der Waals surface area contributed by atoms with E-state index in [-0.39, 0.29) is 0 Å². The zero-order valence-corrected chi connectivity index (χ0v) is 8.23. The second kappa shape index (κ2) is 5.00. The molecule has 0 aliphatic heterocycles. The van der Waals surface area contributed by atoms with Gasteiger partial charge in [-0.25, -0.2) is 0 Å². The molecule has 0 saturated carbocycles. The summed E-state index contributed by atoms with van der Waals surface area (Å²) in [6, 6.07) is 5.09. The second-order valence-electron chi connectivity index (χ2n) is 2.88. The molecule has 0 fully saturated rings. The van der Waals surface area contributed by atoms with Crippen molar-refractivity contribution >= 4 is 12.6 Å². The first-order chi connectivity index (χ1) is 6.69. The highest BCUT2D eigenvalue weighted by Gasteiger charge is 2.16. The number of hydrogen-bond donors (Lipinski definition) is 2. The van der Waals surface area contributed by atoms with Gasteiger partial charge in [0, 0.05) is 12.6 Å². The lowest BCUT2D eigenvalue weighted by Gasteiger charge is -2.09. The van der Waals surface area contributed by atoms with Crippen LogP contribution in [0.2, 0.25) is 0 Å². The molecule has 0 aliphatic carbocycles. The summed E-state index contributed by atoms with van der Waals surface area (Å²) in [4.78, 5) is 0. The van der Waals surface area contributed by atoms with E-state index in [0.29, 0.717) is 17.8 Å². The summed E-state index contributed by atoms with van der Waals surface area (Å²) in [5, 5.41) is 18.0. The molecule has 0 aromatic heterocycles. The largest absolute Gasteiger partial charge is 0.497 e. The lowest BCUT2D eigenvalue weighted by Crippen LogP contribution is -2.31. The third-order valence-electron chi connectivity index (χ3n) is 1.89. The first-order valence-corrected chi connectivity index (χ1v) is 4.21. The average molecular weight is 196 g/mol. The van der Waals surface area contributed by atoms with Gasteiger partial charge in [-0.05, 0) is 11.6 Å². The fourth-order valence-electron chi connectivity index (χ4n) is 1.23. The number of ether oxygens (including phenoxy) is 2. The Morgan fingerprint density at radius 3 is 2.50 bits per heavy atom. The molecule has 0 atom stereocenters. The Morgan fingerprint density at radius 1 is 1.29 bits per heavy atom. The lowest BCUT2D eigenvalue weighted by atomic mass is 9.79. The molecular weight excluding hydrogens is 183 g/mol. The molecular formula is C9H13BO4. The molecule has 5 heteroatoms. The molecule has 1 rings (SSSR count). The molecule has 0 amide bonds. The molecule has 0 unspecified atom stereocenters. The second-order valence-corrected chi connectivity index (χ2v) is 2.88. The molecule has 4 nitrogen and oxygen atoms in total. The van der Waals surface area contributed by atoms with Crippen LogP contribution in [0.25, 0.3) is 0 Å². The van der Waals surface area contributed by atoms with Gasteiger partial charge in [0.15, 0.2) is 0 Å². The molecule has 0 spiro atoms. The van der Waals surface area contributed by atoms with Gasteiger partial charge in [-0.3, -0.25) is 0 Å². The normalized spacial score (nSPS) is 10.0. The minimum Gasteiger partial charge on any atom is -0.497 e. The van der Waals surface area contributed by atoms with Crippen LogP contribution in [0.3, 0.4) is 0 Å². The maximum Gasteiger partial charge on any atom is 0.492 e. The van der Waals surface area contributed by atoms with Gasteiger partial charge in [0.25, 0.3) is 0 Å². The third-order valence-corrected chi connectivity index (χ3v) is 1.89. The summed E-state index contributed by atoms with van der Waals surface area (Å²) in [7, 11) is 1.57. The highest BCUT2D eigenvalue weighted by atomic mass is 16.5. The number of methoxy groups -OCH3 is 2. The predicted molar refractivity (Wildman–Crippen MR) is 53.5 cm³/mol. The van der Waals surface area contributed by atoms with E-state index in [2.05, 4.69) is 0 Å². The van der Waals surface area contributed by atoms with Gasteiger partial charge >= 0.3 is 7.12 Å². The smallest absolute Gasteiger partial charge is 0.492 e. The fraction of sp³-hybridized carbons (Fsp3) is 0.333. The molecule has 2 N–H and O–H groups in total. The molecule has 1 aromatic carbocycles. The van der Waals surface area contributed by atoms with Crippen LogP contribution in [-0.4, -0.2) is 31.4 Å². The Balaban J connectivity index is 2.99. The van der Waals surface area contributed by atoms with E-state index >= 15 is 0 Å².